The highest BCUT2D eigenvalue weighted by molar-refractivity contribution is 9.10. The number of carbonyl (C=O) groups excluding carboxylic acids is 1. The highest BCUT2D eigenvalue weighted by atomic mass is 79.9. The summed E-state index contributed by atoms with van der Waals surface area (Å²) in [5.41, 5.74) is 0. The lowest BCUT2D eigenvalue weighted by molar-refractivity contribution is -0.123. The summed E-state index contributed by atoms with van der Waals surface area (Å²) < 4.78 is 15.3. The molecule has 5 nitrogen and oxygen atoms in total. The molecule has 0 saturated heterocycles. The van der Waals surface area contributed by atoms with E-state index in [0.29, 0.717) is 6.04 Å². The van der Waals surface area contributed by atoms with Crippen molar-refractivity contribution < 1.29 is 18.1 Å². The minimum Gasteiger partial charge on any atom is -0.377 e. The van der Waals surface area contributed by atoms with Crippen molar-refractivity contribution in [3.63, 3.8) is 0 Å². The number of nitrogens with one attached hydrogen (secondary N) is 1. The summed E-state index contributed by atoms with van der Waals surface area (Å²) in [6.07, 6.45) is 0. The summed E-state index contributed by atoms with van der Waals surface area (Å²) in [5.74, 6) is -0.0730. The Bertz CT molecular complexity index is 245. The van der Waals surface area contributed by atoms with Gasteiger partial charge in [0.15, 0.2) is 0 Å². The van der Waals surface area contributed by atoms with Crippen LogP contribution in [0.15, 0.2) is 0 Å². The molecule has 17 heavy (non-hydrogen) atoms. The molecule has 0 aliphatic carbocycles. The Morgan fingerprint density at radius 3 is 2.00 bits per heavy atom. The first kappa shape index (κ1) is 17.0. The van der Waals surface area contributed by atoms with Gasteiger partial charge in [-0.3, -0.25) is 4.79 Å². The molecule has 102 valence electrons. The molecule has 0 aromatic heterocycles. The summed E-state index contributed by atoms with van der Waals surface area (Å²) in [6, 6.07) is 0.455. The van der Waals surface area contributed by atoms with Crippen LogP contribution in [0.2, 0.25) is 6.04 Å². The van der Waals surface area contributed by atoms with Crippen molar-refractivity contribution in [1.82, 2.24) is 5.32 Å². The van der Waals surface area contributed by atoms with Gasteiger partial charge >= 0.3 is 8.80 Å². The Kier molecular flexibility index (Phi) is 6.86. The molecule has 0 spiro atoms. The minimum absolute atomic E-state index is 0.0730. The highest BCUT2D eigenvalue weighted by Crippen LogP contribution is 2.18. The molecule has 1 atom stereocenters. The molecule has 1 N–H and O–H groups in total. The molecule has 0 aromatic rings. The van der Waals surface area contributed by atoms with Gasteiger partial charge in [0.25, 0.3) is 0 Å². The first-order valence-corrected chi connectivity index (χ1v) is 8.08. The zero-order valence-electron chi connectivity index (χ0n) is 11.3. The summed E-state index contributed by atoms with van der Waals surface area (Å²) in [5, 5.41) is 2.89. The monoisotopic (exact) mass is 327 g/mol. The Balaban J connectivity index is 4.44. The molecule has 0 fully saturated rings. The fraction of sp³-hybridized carbons (Fsp3) is 0.900. The topological polar surface area (TPSA) is 56.8 Å². The quantitative estimate of drug-likeness (QED) is 0.569. The van der Waals surface area contributed by atoms with Crippen molar-refractivity contribution in [2.24, 2.45) is 0 Å². The van der Waals surface area contributed by atoms with Gasteiger partial charge in [0.2, 0.25) is 5.91 Å². The second-order valence-corrected chi connectivity index (χ2v) is 9.33. The van der Waals surface area contributed by atoms with E-state index in [-0.39, 0.29) is 11.9 Å². The zero-order chi connectivity index (χ0) is 13.7. The number of halogens is 1. The largest absolute Gasteiger partial charge is 0.502 e. The van der Waals surface area contributed by atoms with Gasteiger partial charge in [-0.2, -0.15) is 0 Å². The van der Waals surface area contributed by atoms with Crippen LogP contribution in [0.25, 0.3) is 0 Å². The van der Waals surface area contributed by atoms with Crippen LogP contribution in [-0.4, -0.2) is 46.4 Å². The first-order chi connectivity index (χ1) is 7.70. The number of alkyl halides is 1. The van der Waals surface area contributed by atoms with Gasteiger partial charge < -0.3 is 18.6 Å². The molecule has 0 aliphatic heterocycles. The molecule has 0 radical (unpaired) electrons. The predicted molar refractivity (Wildman–Crippen MR) is 72.2 cm³/mol. The van der Waals surface area contributed by atoms with Crippen molar-refractivity contribution >= 4 is 30.6 Å². The third-order valence-corrected chi connectivity index (χ3v) is 5.75. The normalized spacial score (nSPS) is 14.5. The lowest BCUT2D eigenvalue weighted by Gasteiger charge is -2.28. The molecule has 0 aliphatic rings. The maximum atomic E-state index is 11.8. The number of rotatable bonds is 7. The molecule has 1 amide bonds. The van der Waals surface area contributed by atoms with Crippen LogP contribution in [0, 0.1) is 0 Å². The van der Waals surface area contributed by atoms with Crippen molar-refractivity contribution in [1.29, 1.82) is 0 Å². The van der Waals surface area contributed by atoms with E-state index >= 15 is 0 Å². The van der Waals surface area contributed by atoms with Gasteiger partial charge in [-0.15, -0.1) is 0 Å². The molecule has 0 rings (SSSR count). The number of hydrogen-bond donors (Lipinski definition) is 1. The fourth-order valence-electron chi connectivity index (χ4n) is 1.32. The second-order valence-electron chi connectivity index (χ2n) is 4.35. The number of carbonyl (C=O) groups is 1. The smallest absolute Gasteiger partial charge is 0.377 e. The molecule has 1 unspecified atom stereocenters. The Hall–Kier alpha value is 0.0469. The van der Waals surface area contributed by atoms with Crippen LogP contribution < -0.4 is 5.32 Å². The Morgan fingerprint density at radius 2 is 1.71 bits per heavy atom. The fourth-order valence-corrected chi connectivity index (χ4v) is 3.29. The van der Waals surface area contributed by atoms with Crippen LogP contribution in [0.5, 0.6) is 0 Å². The van der Waals surface area contributed by atoms with Crippen LogP contribution in [0.4, 0.5) is 0 Å². The van der Waals surface area contributed by atoms with E-state index in [9.17, 15) is 4.79 Å². The van der Waals surface area contributed by atoms with Crippen molar-refractivity contribution in [2.45, 2.75) is 37.2 Å². The van der Waals surface area contributed by atoms with Crippen molar-refractivity contribution in [3.05, 3.63) is 0 Å². The molecule has 7 heteroatoms. The SMILES string of the molecule is CO[Si](CC(C)NC(=O)C(C)(C)Br)(OC)OC. The van der Waals surface area contributed by atoms with E-state index in [1.165, 1.54) is 0 Å². The summed E-state index contributed by atoms with van der Waals surface area (Å²) in [4.78, 5) is 11.8. The van der Waals surface area contributed by atoms with Gasteiger partial charge in [0.1, 0.15) is 0 Å². The van der Waals surface area contributed by atoms with E-state index in [0.717, 1.165) is 0 Å². The Morgan fingerprint density at radius 1 is 1.29 bits per heavy atom. The van der Waals surface area contributed by atoms with Gasteiger partial charge in [-0.25, -0.2) is 0 Å². The third-order valence-electron chi connectivity index (χ3n) is 2.41. The average Bonchev–Trinajstić information content (AvgIpc) is 2.24. The van der Waals surface area contributed by atoms with Gasteiger partial charge in [-0.1, -0.05) is 15.9 Å². The number of amides is 1. The van der Waals surface area contributed by atoms with Gasteiger partial charge in [-0.05, 0) is 20.8 Å². The van der Waals surface area contributed by atoms with Crippen LogP contribution >= 0.6 is 15.9 Å². The summed E-state index contributed by atoms with van der Waals surface area (Å²) in [6.45, 7) is 5.49. The van der Waals surface area contributed by atoms with E-state index in [1.54, 1.807) is 35.2 Å². The van der Waals surface area contributed by atoms with Crippen molar-refractivity contribution in [2.75, 3.05) is 21.3 Å². The lowest BCUT2D eigenvalue weighted by Crippen LogP contribution is -2.50. The highest BCUT2D eigenvalue weighted by Gasteiger charge is 2.40. The molecule has 0 aromatic carbocycles. The minimum atomic E-state index is -2.64. The van der Waals surface area contributed by atoms with Gasteiger partial charge in [0, 0.05) is 33.4 Å². The molecule has 0 bridgehead atoms. The Labute approximate surface area is 113 Å². The maximum absolute atomic E-state index is 11.8. The lowest BCUT2D eigenvalue weighted by atomic mass is 10.2. The first-order valence-electron chi connectivity index (χ1n) is 5.36. The summed E-state index contributed by atoms with van der Waals surface area (Å²) in [7, 11) is 2.04. The van der Waals surface area contributed by atoms with Crippen LogP contribution in [-0.2, 0) is 18.1 Å². The van der Waals surface area contributed by atoms with E-state index in [4.69, 9.17) is 13.3 Å². The predicted octanol–water partition coefficient (Wildman–Crippen LogP) is 1.54. The summed E-state index contributed by atoms with van der Waals surface area (Å²) >= 11 is 3.31. The third kappa shape index (κ3) is 5.48. The number of hydrogen-bond acceptors (Lipinski definition) is 4. The molecular weight excluding hydrogens is 306 g/mol. The standard InChI is InChI=1S/C10H22BrNO4Si/c1-8(12-9(13)10(2,3)11)7-17(14-4,15-5)16-6/h8H,7H2,1-6H3,(H,12,13). The van der Waals surface area contributed by atoms with E-state index < -0.39 is 13.1 Å². The van der Waals surface area contributed by atoms with Crippen LogP contribution in [0.1, 0.15) is 20.8 Å². The van der Waals surface area contributed by atoms with Crippen molar-refractivity contribution in [3.8, 4) is 0 Å². The zero-order valence-corrected chi connectivity index (χ0v) is 13.9. The van der Waals surface area contributed by atoms with Gasteiger partial charge in [0.05, 0.1) is 4.32 Å². The average molecular weight is 328 g/mol. The van der Waals surface area contributed by atoms with Crippen LogP contribution in [0.3, 0.4) is 0 Å². The second kappa shape index (κ2) is 6.84. The van der Waals surface area contributed by atoms with E-state index in [2.05, 4.69) is 21.2 Å². The molecule has 0 heterocycles. The molecule has 0 saturated carbocycles. The molecular formula is C10H22BrNO4Si. The van der Waals surface area contributed by atoms with E-state index in [1.807, 2.05) is 6.92 Å². The maximum Gasteiger partial charge on any atom is 0.502 e.